The highest BCUT2D eigenvalue weighted by molar-refractivity contribution is 5.83. The van der Waals surface area contributed by atoms with Crippen LogP contribution in [0, 0.1) is 5.82 Å². The van der Waals surface area contributed by atoms with Crippen molar-refractivity contribution in [2.24, 2.45) is 0 Å². The largest absolute Gasteiger partial charge is 0.497 e. The Balaban J connectivity index is 1.65. The van der Waals surface area contributed by atoms with Gasteiger partial charge in [-0.2, -0.15) is 0 Å². The van der Waals surface area contributed by atoms with Gasteiger partial charge in [-0.3, -0.25) is 4.79 Å². The molecule has 27 heavy (non-hydrogen) atoms. The number of ether oxygens (including phenoxy) is 1. The van der Waals surface area contributed by atoms with Crippen molar-refractivity contribution in [3.05, 3.63) is 65.8 Å². The van der Waals surface area contributed by atoms with E-state index in [1.807, 2.05) is 25.1 Å². The maximum Gasteiger partial charge on any atom is 0.247 e. The van der Waals surface area contributed by atoms with Gasteiger partial charge >= 0.3 is 0 Å². The lowest BCUT2D eigenvalue weighted by Gasteiger charge is -2.14. The summed E-state index contributed by atoms with van der Waals surface area (Å²) in [5.74, 6) is 0.464. The van der Waals surface area contributed by atoms with Crippen molar-refractivity contribution in [1.29, 1.82) is 0 Å². The quantitative estimate of drug-likeness (QED) is 0.687. The first-order valence-corrected chi connectivity index (χ1v) is 8.60. The van der Waals surface area contributed by atoms with Crippen molar-refractivity contribution in [2.75, 3.05) is 7.11 Å². The Bertz CT molecular complexity index is 909. The van der Waals surface area contributed by atoms with Crippen LogP contribution in [0.3, 0.4) is 0 Å². The number of hydrogen-bond donors (Lipinski definition) is 1. The molecule has 3 aromatic rings. The van der Waals surface area contributed by atoms with E-state index in [-0.39, 0.29) is 24.2 Å². The van der Waals surface area contributed by atoms with E-state index >= 15 is 0 Å². The highest BCUT2D eigenvalue weighted by atomic mass is 19.1. The first kappa shape index (κ1) is 18.6. The molecule has 1 aromatic heterocycles. The highest BCUT2D eigenvalue weighted by Crippen LogP contribution is 2.23. The molecule has 0 spiro atoms. The molecule has 7 heteroatoms. The Morgan fingerprint density at radius 3 is 2.70 bits per heavy atom. The predicted octanol–water partition coefficient (Wildman–Crippen LogP) is 3.69. The van der Waals surface area contributed by atoms with E-state index < -0.39 is 0 Å². The van der Waals surface area contributed by atoms with Crippen molar-refractivity contribution >= 4 is 5.91 Å². The molecule has 1 atom stereocenters. The lowest BCUT2D eigenvalue weighted by atomic mass is 9.95. The maximum atomic E-state index is 13.1. The van der Waals surface area contributed by atoms with E-state index in [9.17, 15) is 9.18 Å². The Morgan fingerprint density at radius 1 is 1.22 bits per heavy atom. The number of nitrogens with zero attached hydrogens (tertiary/aromatic N) is 2. The van der Waals surface area contributed by atoms with Crippen LogP contribution < -0.4 is 10.1 Å². The summed E-state index contributed by atoms with van der Waals surface area (Å²) in [4.78, 5) is 12.5. The Hall–Kier alpha value is -3.22. The molecule has 0 fully saturated rings. The molecular formula is C20H20FN3O3. The minimum atomic E-state index is -0.369. The summed E-state index contributed by atoms with van der Waals surface area (Å²) < 4.78 is 23.9. The lowest BCUT2D eigenvalue weighted by molar-refractivity contribution is -0.122. The minimum absolute atomic E-state index is 0.119. The molecule has 0 saturated heterocycles. The van der Waals surface area contributed by atoms with Crippen LogP contribution in [-0.2, 0) is 11.3 Å². The van der Waals surface area contributed by atoms with Crippen LogP contribution in [-0.4, -0.2) is 23.2 Å². The number of hydrogen-bond acceptors (Lipinski definition) is 5. The second-order valence-corrected chi connectivity index (χ2v) is 5.96. The molecule has 0 saturated carbocycles. The third kappa shape index (κ3) is 4.49. The molecule has 0 aliphatic rings. The fraction of sp³-hybridized carbons (Fsp3) is 0.250. The zero-order valence-electron chi connectivity index (χ0n) is 15.1. The highest BCUT2D eigenvalue weighted by Gasteiger charge is 2.19. The SMILES string of the molecule is CCC(C(=O)NCc1nnc(-c2cccc(OC)c2)o1)c1ccc(F)cc1. The third-order valence-corrected chi connectivity index (χ3v) is 4.19. The Labute approximate surface area is 156 Å². The topological polar surface area (TPSA) is 77.2 Å². The summed E-state index contributed by atoms with van der Waals surface area (Å²) in [5.41, 5.74) is 1.50. The van der Waals surface area contributed by atoms with Crippen LogP contribution in [0.5, 0.6) is 5.75 Å². The van der Waals surface area contributed by atoms with Crippen LogP contribution in [0.15, 0.2) is 52.9 Å². The van der Waals surface area contributed by atoms with Crippen LogP contribution in [0.1, 0.15) is 30.7 Å². The average Bonchev–Trinajstić information content (AvgIpc) is 3.17. The van der Waals surface area contributed by atoms with E-state index in [2.05, 4.69) is 15.5 Å². The Kier molecular flexibility index (Phi) is 5.80. The number of halogens is 1. The van der Waals surface area contributed by atoms with Gasteiger partial charge in [0.1, 0.15) is 11.6 Å². The number of nitrogens with one attached hydrogen (secondary N) is 1. The number of carbonyl (C=O) groups is 1. The fourth-order valence-electron chi connectivity index (χ4n) is 2.75. The lowest BCUT2D eigenvalue weighted by Crippen LogP contribution is -2.28. The van der Waals surface area contributed by atoms with Crippen molar-refractivity contribution in [3.8, 4) is 17.2 Å². The van der Waals surface area contributed by atoms with Crippen molar-refractivity contribution in [2.45, 2.75) is 25.8 Å². The summed E-state index contributed by atoms with van der Waals surface area (Å²) in [7, 11) is 1.58. The van der Waals surface area contributed by atoms with E-state index in [0.29, 0.717) is 24.0 Å². The second kappa shape index (κ2) is 8.44. The number of aromatic nitrogens is 2. The summed E-state index contributed by atoms with van der Waals surface area (Å²) in [6, 6.07) is 13.2. The summed E-state index contributed by atoms with van der Waals surface area (Å²) >= 11 is 0. The standard InChI is InChI=1S/C20H20FN3O3/c1-3-17(13-7-9-15(21)10-8-13)19(25)22-12-18-23-24-20(27-18)14-5-4-6-16(11-14)26-2/h4-11,17H,3,12H2,1-2H3,(H,22,25). The van der Waals surface area contributed by atoms with Crippen molar-refractivity contribution in [3.63, 3.8) is 0 Å². The first-order chi connectivity index (χ1) is 13.1. The predicted molar refractivity (Wildman–Crippen MR) is 97.6 cm³/mol. The molecule has 1 amide bonds. The number of benzene rings is 2. The van der Waals surface area contributed by atoms with Crippen LogP contribution in [0.2, 0.25) is 0 Å². The molecule has 1 unspecified atom stereocenters. The van der Waals surface area contributed by atoms with Crippen LogP contribution in [0.25, 0.3) is 11.5 Å². The molecule has 0 aliphatic heterocycles. The molecule has 1 N–H and O–H groups in total. The molecular weight excluding hydrogens is 349 g/mol. The van der Waals surface area contributed by atoms with Crippen LogP contribution >= 0.6 is 0 Å². The van der Waals surface area contributed by atoms with E-state index in [4.69, 9.17) is 9.15 Å². The van der Waals surface area contributed by atoms with Gasteiger partial charge in [-0.15, -0.1) is 10.2 Å². The molecule has 140 valence electrons. The van der Waals surface area contributed by atoms with Gasteiger partial charge in [0.25, 0.3) is 0 Å². The molecule has 0 aliphatic carbocycles. The Morgan fingerprint density at radius 2 is 2.00 bits per heavy atom. The molecule has 3 rings (SSSR count). The van der Waals surface area contributed by atoms with Gasteiger partial charge in [-0.1, -0.05) is 25.1 Å². The molecule has 1 heterocycles. The van der Waals surface area contributed by atoms with Gasteiger partial charge in [0, 0.05) is 5.56 Å². The van der Waals surface area contributed by atoms with Crippen LogP contribution in [0.4, 0.5) is 4.39 Å². The first-order valence-electron chi connectivity index (χ1n) is 8.60. The zero-order valence-corrected chi connectivity index (χ0v) is 15.1. The van der Waals surface area contributed by atoms with E-state index in [1.54, 1.807) is 25.3 Å². The third-order valence-electron chi connectivity index (χ3n) is 4.19. The van der Waals surface area contributed by atoms with Crippen molar-refractivity contribution < 1.29 is 18.3 Å². The normalized spacial score (nSPS) is 11.8. The zero-order chi connectivity index (χ0) is 19.2. The second-order valence-electron chi connectivity index (χ2n) is 5.96. The molecule has 0 radical (unpaired) electrons. The summed E-state index contributed by atoms with van der Waals surface area (Å²) in [6.45, 7) is 2.02. The summed E-state index contributed by atoms with van der Waals surface area (Å²) in [5, 5.41) is 10.8. The number of rotatable bonds is 7. The van der Waals surface area contributed by atoms with E-state index in [1.165, 1.54) is 12.1 Å². The van der Waals surface area contributed by atoms with Gasteiger partial charge in [-0.05, 0) is 42.3 Å². The van der Waals surface area contributed by atoms with Gasteiger partial charge in [0.15, 0.2) is 0 Å². The molecule has 2 aromatic carbocycles. The van der Waals surface area contributed by atoms with E-state index in [0.717, 1.165) is 11.1 Å². The molecule has 0 bridgehead atoms. The molecule has 6 nitrogen and oxygen atoms in total. The average molecular weight is 369 g/mol. The minimum Gasteiger partial charge on any atom is -0.497 e. The maximum absolute atomic E-state index is 13.1. The number of carbonyl (C=O) groups excluding carboxylic acids is 1. The smallest absolute Gasteiger partial charge is 0.247 e. The van der Waals surface area contributed by atoms with Gasteiger partial charge in [-0.25, -0.2) is 4.39 Å². The van der Waals surface area contributed by atoms with Gasteiger partial charge < -0.3 is 14.5 Å². The monoisotopic (exact) mass is 369 g/mol. The van der Waals surface area contributed by atoms with Crippen molar-refractivity contribution in [1.82, 2.24) is 15.5 Å². The fourth-order valence-corrected chi connectivity index (χ4v) is 2.75. The summed E-state index contributed by atoms with van der Waals surface area (Å²) in [6.07, 6.45) is 0.594. The van der Waals surface area contributed by atoms with Gasteiger partial charge in [0.2, 0.25) is 17.7 Å². The number of methoxy groups -OCH3 is 1. The number of amides is 1. The van der Waals surface area contributed by atoms with Gasteiger partial charge in [0.05, 0.1) is 19.6 Å².